The van der Waals surface area contributed by atoms with Gasteiger partial charge in [0, 0.05) is 15.5 Å². The number of benzene rings is 2. The Balaban J connectivity index is 1.86. The van der Waals surface area contributed by atoms with Crippen LogP contribution in [0.4, 0.5) is 5.69 Å². The van der Waals surface area contributed by atoms with E-state index in [4.69, 9.17) is 15.2 Å². The van der Waals surface area contributed by atoms with Crippen LogP contribution >= 0.6 is 11.8 Å². The summed E-state index contributed by atoms with van der Waals surface area (Å²) in [6.07, 6.45) is 0. The van der Waals surface area contributed by atoms with E-state index in [1.165, 1.54) is 0 Å². The van der Waals surface area contributed by atoms with E-state index in [0.29, 0.717) is 6.79 Å². The second-order valence-corrected chi connectivity index (χ2v) is 4.84. The van der Waals surface area contributed by atoms with Crippen LogP contribution in [0.15, 0.2) is 52.3 Å². The molecule has 86 valence electrons. The minimum absolute atomic E-state index is 0.307. The average Bonchev–Trinajstić information content (AvgIpc) is 2.76. The third kappa shape index (κ3) is 2.17. The average molecular weight is 245 g/mol. The zero-order valence-corrected chi connectivity index (χ0v) is 9.87. The highest BCUT2D eigenvalue weighted by Gasteiger charge is 2.13. The lowest BCUT2D eigenvalue weighted by molar-refractivity contribution is 0.174. The zero-order valence-electron chi connectivity index (χ0n) is 9.05. The predicted molar refractivity (Wildman–Crippen MR) is 67.5 cm³/mol. The molecule has 0 radical (unpaired) electrons. The van der Waals surface area contributed by atoms with Crippen LogP contribution in [0.3, 0.4) is 0 Å². The summed E-state index contributed by atoms with van der Waals surface area (Å²) in [6.45, 7) is 0.307. The second-order valence-electron chi connectivity index (χ2n) is 3.69. The van der Waals surface area contributed by atoms with E-state index in [0.717, 1.165) is 27.0 Å². The lowest BCUT2D eigenvalue weighted by atomic mass is 10.3. The lowest BCUT2D eigenvalue weighted by Crippen LogP contribution is -1.92. The minimum Gasteiger partial charge on any atom is -0.454 e. The van der Waals surface area contributed by atoms with Crippen molar-refractivity contribution < 1.29 is 9.47 Å². The molecule has 2 aromatic carbocycles. The van der Waals surface area contributed by atoms with E-state index in [9.17, 15) is 0 Å². The summed E-state index contributed by atoms with van der Waals surface area (Å²) < 4.78 is 10.6. The maximum atomic E-state index is 5.74. The summed E-state index contributed by atoms with van der Waals surface area (Å²) >= 11 is 1.65. The first-order valence-electron chi connectivity index (χ1n) is 5.24. The summed E-state index contributed by atoms with van der Waals surface area (Å²) in [4.78, 5) is 2.23. The maximum absolute atomic E-state index is 5.74. The van der Waals surface area contributed by atoms with Crippen molar-refractivity contribution in [2.75, 3.05) is 12.5 Å². The first-order valence-corrected chi connectivity index (χ1v) is 6.06. The molecule has 3 nitrogen and oxygen atoms in total. The predicted octanol–water partition coefficient (Wildman–Crippen LogP) is 3.15. The van der Waals surface area contributed by atoms with Gasteiger partial charge in [-0.05, 0) is 36.4 Å². The number of nitrogens with two attached hydrogens (primary N) is 1. The molecule has 0 unspecified atom stereocenters. The van der Waals surface area contributed by atoms with Gasteiger partial charge < -0.3 is 15.2 Å². The Morgan fingerprint density at radius 2 is 1.76 bits per heavy atom. The van der Waals surface area contributed by atoms with Crippen LogP contribution in [0.5, 0.6) is 11.5 Å². The van der Waals surface area contributed by atoms with E-state index in [-0.39, 0.29) is 0 Å². The highest BCUT2D eigenvalue weighted by atomic mass is 32.2. The first-order chi connectivity index (χ1) is 8.31. The molecule has 0 amide bonds. The molecule has 1 aliphatic heterocycles. The topological polar surface area (TPSA) is 44.5 Å². The molecule has 3 rings (SSSR count). The number of ether oxygens (including phenoxy) is 2. The molecular weight excluding hydrogens is 234 g/mol. The number of hydrogen-bond acceptors (Lipinski definition) is 4. The standard InChI is InChI=1S/C13H11NO2S/c14-9-2-1-3-10(6-9)17-11-4-5-12-13(7-11)16-8-15-12/h1-7H,8,14H2. The molecule has 0 aromatic heterocycles. The summed E-state index contributed by atoms with van der Waals surface area (Å²) in [5, 5.41) is 0. The smallest absolute Gasteiger partial charge is 0.231 e. The highest BCUT2D eigenvalue weighted by Crippen LogP contribution is 2.38. The van der Waals surface area contributed by atoms with Crippen LogP contribution in [-0.2, 0) is 0 Å². The van der Waals surface area contributed by atoms with Crippen LogP contribution in [0, 0.1) is 0 Å². The third-order valence-electron chi connectivity index (χ3n) is 2.44. The van der Waals surface area contributed by atoms with Gasteiger partial charge in [-0.1, -0.05) is 17.8 Å². The SMILES string of the molecule is Nc1cccc(Sc2ccc3c(c2)OCO3)c1. The van der Waals surface area contributed by atoms with Crippen molar-refractivity contribution in [2.45, 2.75) is 9.79 Å². The molecule has 0 bridgehead atoms. The fourth-order valence-electron chi connectivity index (χ4n) is 1.65. The first kappa shape index (κ1) is 10.4. The van der Waals surface area contributed by atoms with Gasteiger partial charge in [0.05, 0.1) is 0 Å². The molecule has 0 spiro atoms. The van der Waals surface area contributed by atoms with Gasteiger partial charge in [-0.3, -0.25) is 0 Å². The quantitative estimate of drug-likeness (QED) is 0.825. The van der Waals surface area contributed by atoms with E-state index in [1.807, 2.05) is 42.5 Å². The lowest BCUT2D eigenvalue weighted by Gasteiger charge is -2.03. The molecule has 0 saturated heterocycles. The van der Waals surface area contributed by atoms with Gasteiger partial charge in [0.1, 0.15) is 0 Å². The van der Waals surface area contributed by atoms with Crippen molar-refractivity contribution in [2.24, 2.45) is 0 Å². The molecular formula is C13H11NO2S. The Morgan fingerprint density at radius 3 is 2.65 bits per heavy atom. The van der Waals surface area contributed by atoms with Crippen molar-refractivity contribution in [3.8, 4) is 11.5 Å². The van der Waals surface area contributed by atoms with Gasteiger partial charge in [0.15, 0.2) is 11.5 Å². The van der Waals surface area contributed by atoms with Crippen LogP contribution in [0.1, 0.15) is 0 Å². The number of rotatable bonds is 2. The Bertz CT molecular complexity index is 557. The van der Waals surface area contributed by atoms with Crippen molar-refractivity contribution in [1.82, 2.24) is 0 Å². The van der Waals surface area contributed by atoms with Crippen LogP contribution in [0.2, 0.25) is 0 Å². The Morgan fingerprint density at radius 1 is 0.941 bits per heavy atom. The zero-order chi connectivity index (χ0) is 11.7. The Hall–Kier alpha value is -1.81. The molecule has 1 aliphatic rings. The van der Waals surface area contributed by atoms with Crippen molar-refractivity contribution >= 4 is 17.4 Å². The van der Waals surface area contributed by atoms with Crippen molar-refractivity contribution in [3.05, 3.63) is 42.5 Å². The van der Waals surface area contributed by atoms with Gasteiger partial charge in [-0.2, -0.15) is 0 Å². The highest BCUT2D eigenvalue weighted by molar-refractivity contribution is 7.99. The molecule has 17 heavy (non-hydrogen) atoms. The summed E-state index contributed by atoms with van der Waals surface area (Å²) in [5.41, 5.74) is 6.52. The number of anilines is 1. The normalized spacial score (nSPS) is 12.7. The largest absolute Gasteiger partial charge is 0.454 e. The van der Waals surface area contributed by atoms with E-state index in [2.05, 4.69) is 0 Å². The maximum Gasteiger partial charge on any atom is 0.231 e. The van der Waals surface area contributed by atoms with Gasteiger partial charge >= 0.3 is 0 Å². The Kier molecular flexibility index (Phi) is 2.57. The molecule has 0 aliphatic carbocycles. The van der Waals surface area contributed by atoms with Crippen LogP contribution < -0.4 is 15.2 Å². The number of nitrogen functional groups attached to an aromatic ring is 1. The van der Waals surface area contributed by atoms with E-state index >= 15 is 0 Å². The van der Waals surface area contributed by atoms with Gasteiger partial charge in [-0.25, -0.2) is 0 Å². The van der Waals surface area contributed by atoms with Crippen molar-refractivity contribution in [3.63, 3.8) is 0 Å². The molecule has 0 saturated carbocycles. The van der Waals surface area contributed by atoms with Crippen molar-refractivity contribution in [1.29, 1.82) is 0 Å². The minimum atomic E-state index is 0.307. The number of hydrogen-bond donors (Lipinski definition) is 1. The summed E-state index contributed by atoms with van der Waals surface area (Å²) in [5.74, 6) is 1.61. The Labute approximate surface area is 104 Å². The van der Waals surface area contributed by atoms with Gasteiger partial charge in [0.25, 0.3) is 0 Å². The molecule has 1 heterocycles. The fraction of sp³-hybridized carbons (Fsp3) is 0.0769. The number of fused-ring (bicyclic) bond motifs is 1. The summed E-state index contributed by atoms with van der Waals surface area (Å²) in [6, 6.07) is 13.7. The molecule has 2 aromatic rings. The van der Waals surface area contributed by atoms with E-state index < -0.39 is 0 Å². The van der Waals surface area contributed by atoms with Gasteiger partial charge in [-0.15, -0.1) is 0 Å². The molecule has 0 atom stereocenters. The monoisotopic (exact) mass is 245 g/mol. The molecule has 4 heteroatoms. The fourth-order valence-corrected chi connectivity index (χ4v) is 2.57. The molecule has 0 fully saturated rings. The van der Waals surface area contributed by atoms with E-state index in [1.54, 1.807) is 11.8 Å². The van der Waals surface area contributed by atoms with Crippen LogP contribution in [-0.4, -0.2) is 6.79 Å². The molecule has 2 N–H and O–H groups in total. The summed E-state index contributed by atoms with van der Waals surface area (Å²) in [7, 11) is 0. The third-order valence-corrected chi connectivity index (χ3v) is 3.42. The van der Waals surface area contributed by atoms with Gasteiger partial charge in [0.2, 0.25) is 6.79 Å². The van der Waals surface area contributed by atoms with Crippen LogP contribution in [0.25, 0.3) is 0 Å². The second kappa shape index (κ2) is 4.22.